The van der Waals surface area contributed by atoms with Gasteiger partial charge >= 0.3 is 0 Å². The summed E-state index contributed by atoms with van der Waals surface area (Å²) in [5.74, 6) is 0.174. The van der Waals surface area contributed by atoms with Crippen LogP contribution in [0.4, 0.5) is 5.69 Å². The molecule has 1 saturated carbocycles. The lowest BCUT2D eigenvalue weighted by Crippen LogP contribution is -2.42. The molecule has 0 heterocycles. The van der Waals surface area contributed by atoms with Gasteiger partial charge in [-0.05, 0) is 68.5 Å². The second kappa shape index (κ2) is 9.84. The van der Waals surface area contributed by atoms with Crippen LogP contribution in [-0.2, 0) is 14.8 Å². The Morgan fingerprint density at radius 2 is 1.73 bits per heavy atom. The van der Waals surface area contributed by atoms with Crippen molar-refractivity contribution < 1.29 is 13.2 Å². The average molecular weight is 449 g/mol. The zero-order chi connectivity index (χ0) is 21.7. The van der Waals surface area contributed by atoms with Crippen LogP contribution in [0.3, 0.4) is 0 Å². The number of aryl methyl sites for hydroxylation is 2. The number of halogens is 1. The Kier molecular flexibility index (Phi) is 7.42. The summed E-state index contributed by atoms with van der Waals surface area (Å²) in [5, 5.41) is 3.46. The summed E-state index contributed by atoms with van der Waals surface area (Å²) in [7, 11) is -3.92. The molecular formula is C23H29ClN2O3S. The maximum absolute atomic E-state index is 13.4. The monoisotopic (exact) mass is 448 g/mol. The lowest BCUT2D eigenvalue weighted by atomic mass is 9.89. The first-order valence-electron chi connectivity index (χ1n) is 10.4. The Bertz CT molecular complexity index is 984. The minimum Gasteiger partial charge on any atom is -0.354 e. The summed E-state index contributed by atoms with van der Waals surface area (Å²) < 4.78 is 28.1. The van der Waals surface area contributed by atoms with E-state index < -0.39 is 10.0 Å². The molecule has 1 N–H and O–H groups in total. The Hall–Kier alpha value is -2.05. The molecule has 0 unspecified atom stereocenters. The molecule has 7 heteroatoms. The molecule has 0 atom stereocenters. The number of sulfonamides is 1. The highest BCUT2D eigenvalue weighted by Gasteiger charge is 2.28. The molecule has 5 nitrogen and oxygen atoms in total. The molecule has 30 heavy (non-hydrogen) atoms. The average Bonchev–Trinajstić information content (AvgIpc) is 2.72. The maximum atomic E-state index is 13.4. The normalized spacial score (nSPS) is 15.0. The van der Waals surface area contributed by atoms with Crippen LogP contribution in [-0.4, -0.2) is 27.4 Å². The van der Waals surface area contributed by atoms with Crippen molar-refractivity contribution >= 4 is 33.2 Å². The van der Waals surface area contributed by atoms with Crippen LogP contribution < -0.4 is 9.62 Å². The van der Waals surface area contributed by atoms with Crippen molar-refractivity contribution in [2.45, 2.75) is 50.8 Å². The zero-order valence-corrected chi connectivity index (χ0v) is 19.1. The van der Waals surface area contributed by atoms with Crippen molar-refractivity contribution in [3.8, 4) is 0 Å². The van der Waals surface area contributed by atoms with Gasteiger partial charge in [0.05, 0.1) is 10.6 Å². The number of hydrogen-bond acceptors (Lipinski definition) is 3. The molecule has 1 aliphatic carbocycles. The van der Waals surface area contributed by atoms with E-state index >= 15 is 0 Å². The summed E-state index contributed by atoms with van der Waals surface area (Å²) in [6.45, 7) is 4.01. The van der Waals surface area contributed by atoms with Crippen molar-refractivity contribution in [2.24, 2.45) is 5.92 Å². The van der Waals surface area contributed by atoms with Gasteiger partial charge in [0.1, 0.15) is 6.54 Å². The first-order chi connectivity index (χ1) is 14.3. The fourth-order valence-corrected chi connectivity index (χ4v) is 5.58. The number of carbonyl (C=O) groups is 1. The van der Waals surface area contributed by atoms with E-state index in [9.17, 15) is 13.2 Å². The van der Waals surface area contributed by atoms with Gasteiger partial charge in [-0.3, -0.25) is 9.10 Å². The highest BCUT2D eigenvalue weighted by Crippen LogP contribution is 2.29. The maximum Gasteiger partial charge on any atom is 0.264 e. The smallest absolute Gasteiger partial charge is 0.264 e. The van der Waals surface area contributed by atoms with E-state index in [0.717, 1.165) is 18.4 Å². The van der Waals surface area contributed by atoms with E-state index in [2.05, 4.69) is 5.32 Å². The van der Waals surface area contributed by atoms with Crippen molar-refractivity contribution in [1.82, 2.24) is 5.32 Å². The van der Waals surface area contributed by atoms with E-state index in [1.165, 1.54) is 23.6 Å². The number of nitrogens with one attached hydrogen (secondary N) is 1. The molecule has 2 aromatic carbocycles. The first-order valence-corrected chi connectivity index (χ1v) is 12.2. The van der Waals surface area contributed by atoms with E-state index in [4.69, 9.17) is 11.6 Å². The third-order valence-electron chi connectivity index (χ3n) is 5.64. The van der Waals surface area contributed by atoms with Crippen molar-refractivity contribution in [1.29, 1.82) is 0 Å². The minimum atomic E-state index is -3.92. The van der Waals surface area contributed by atoms with E-state index in [0.29, 0.717) is 28.7 Å². The Morgan fingerprint density at radius 1 is 1.07 bits per heavy atom. The molecule has 0 radical (unpaired) electrons. The van der Waals surface area contributed by atoms with Crippen molar-refractivity contribution in [3.05, 3.63) is 58.6 Å². The van der Waals surface area contributed by atoms with Gasteiger partial charge in [0.2, 0.25) is 5.91 Å². The topological polar surface area (TPSA) is 66.5 Å². The standard InChI is InChI=1S/C23H29ClN2O3S/c1-17-8-11-21(12-9-17)30(28,29)26(22-13-10-20(24)14-18(22)2)16-23(27)25-15-19-6-4-3-5-7-19/h8-14,19H,3-7,15-16H2,1-2H3,(H,25,27). The summed E-state index contributed by atoms with van der Waals surface area (Å²) in [6.07, 6.45) is 5.86. The van der Waals surface area contributed by atoms with Crippen LogP contribution in [0, 0.1) is 19.8 Å². The zero-order valence-electron chi connectivity index (χ0n) is 17.5. The molecule has 1 aliphatic rings. The van der Waals surface area contributed by atoms with Gasteiger partial charge in [0.15, 0.2) is 0 Å². The molecule has 0 saturated heterocycles. The molecule has 162 valence electrons. The van der Waals surface area contributed by atoms with Gasteiger partial charge in [-0.1, -0.05) is 48.6 Å². The molecule has 0 spiro atoms. The molecular weight excluding hydrogens is 420 g/mol. The summed E-state index contributed by atoms with van der Waals surface area (Å²) in [4.78, 5) is 12.9. The number of carbonyl (C=O) groups excluding carboxylic acids is 1. The van der Waals surface area contributed by atoms with Crippen LogP contribution in [0.5, 0.6) is 0 Å². The van der Waals surface area contributed by atoms with Crippen LogP contribution in [0.25, 0.3) is 0 Å². The predicted molar refractivity (Wildman–Crippen MR) is 121 cm³/mol. The van der Waals surface area contributed by atoms with E-state index in [1.54, 1.807) is 49.4 Å². The molecule has 2 aromatic rings. The molecule has 1 fully saturated rings. The van der Waals surface area contributed by atoms with Gasteiger partial charge in [0.25, 0.3) is 10.0 Å². The Balaban J connectivity index is 1.85. The van der Waals surface area contributed by atoms with Crippen molar-refractivity contribution in [2.75, 3.05) is 17.4 Å². The minimum absolute atomic E-state index is 0.155. The summed E-state index contributed by atoms with van der Waals surface area (Å²) in [5.41, 5.74) is 2.11. The summed E-state index contributed by atoms with van der Waals surface area (Å²) in [6, 6.07) is 11.6. The number of benzene rings is 2. The number of hydrogen-bond donors (Lipinski definition) is 1. The van der Waals surface area contributed by atoms with Crippen LogP contribution in [0.15, 0.2) is 47.4 Å². The highest BCUT2D eigenvalue weighted by molar-refractivity contribution is 7.92. The van der Waals surface area contributed by atoms with Gasteiger partial charge < -0.3 is 5.32 Å². The molecule has 0 bridgehead atoms. The lowest BCUT2D eigenvalue weighted by Gasteiger charge is -2.27. The van der Waals surface area contributed by atoms with E-state index in [-0.39, 0.29) is 17.3 Å². The van der Waals surface area contributed by atoms with Gasteiger partial charge in [0, 0.05) is 11.6 Å². The molecule has 0 aliphatic heterocycles. The van der Waals surface area contributed by atoms with Crippen LogP contribution in [0.1, 0.15) is 43.2 Å². The molecule has 1 amide bonds. The van der Waals surface area contributed by atoms with Gasteiger partial charge in [-0.25, -0.2) is 8.42 Å². The van der Waals surface area contributed by atoms with E-state index in [1.807, 2.05) is 6.92 Å². The largest absolute Gasteiger partial charge is 0.354 e. The molecule has 3 rings (SSSR count). The molecule has 0 aromatic heterocycles. The van der Waals surface area contributed by atoms with Crippen molar-refractivity contribution in [3.63, 3.8) is 0 Å². The fraction of sp³-hybridized carbons (Fsp3) is 0.435. The Labute approximate surface area is 184 Å². The number of anilines is 1. The Morgan fingerprint density at radius 3 is 2.37 bits per heavy atom. The van der Waals surface area contributed by atoms with Gasteiger partial charge in [-0.2, -0.15) is 0 Å². The third-order valence-corrected chi connectivity index (χ3v) is 7.65. The predicted octanol–water partition coefficient (Wildman–Crippen LogP) is 4.85. The van der Waals surface area contributed by atoms with Crippen LogP contribution in [0.2, 0.25) is 5.02 Å². The summed E-state index contributed by atoms with van der Waals surface area (Å²) >= 11 is 6.06. The van der Waals surface area contributed by atoms with Gasteiger partial charge in [-0.15, -0.1) is 0 Å². The highest BCUT2D eigenvalue weighted by atomic mass is 35.5. The second-order valence-electron chi connectivity index (χ2n) is 8.06. The lowest BCUT2D eigenvalue weighted by molar-refractivity contribution is -0.119. The second-order valence-corrected chi connectivity index (χ2v) is 10.4. The first kappa shape index (κ1) is 22.6. The SMILES string of the molecule is Cc1ccc(S(=O)(=O)N(CC(=O)NCC2CCCCC2)c2ccc(Cl)cc2C)cc1. The van der Waals surface area contributed by atoms with Crippen LogP contribution >= 0.6 is 11.6 Å². The number of nitrogens with zero attached hydrogens (tertiary/aromatic N) is 1. The number of rotatable bonds is 7. The third kappa shape index (κ3) is 5.55. The quantitative estimate of drug-likeness (QED) is 0.658. The number of amides is 1. The fourth-order valence-electron chi connectivity index (χ4n) is 3.87.